The zero-order chi connectivity index (χ0) is 15.6. The van der Waals surface area contributed by atoms with E-state index in [4.69, 9.17) is 4.74 Å². The summed E-state index contributed by atoms with van der Waals surface area (Å²) in [6, 6.07) is 5.50. The molecule has 0 aliphatic rings. The van der Waals surface area contributed by atoms with E-state index >= 15 is 0 Å². The summed E-state index contributed by atoms with van der Waals surface area (Å²) in [6.45, 7) is 8.13. The van der Waals surface area contributed by atoms with E-state index in [0.717, 1.165) is 11.1 Å². The molecule has 1 atom stereocenters. The number of sulfone groups is 1. The van der Waals surface area contributed by atoms with Crippen molar-refractivity contribution >= 4 is 9.84 Å². The normalized spacial score (nSPS) is 14.1. The number of ether oxygens (including phenoxy) is 1. The Hall–Kier alpha value is -1.07. The molecule has 0 spiro atoms. The van der Waals surface area contributed by atoms with E-state index in [-0.39, 0.29) is 6.04 Å². The third-order valence-electron chi connectivity index (χ3n) is 3.76. The number of nitrogens with one attached hydrogen (secondary N) is 1. The lowest BCUT2D eigenvalue weighted by Crippen LogP contribution is -2.45. The second-order valence-corrected chi connectivity index (χ2v) is 8.21. The monoisotopic (exact) mass is 299 g/mol. The molecular weight excluding hydrogens is 274 g/mol. The van der Waals surface area contributed by atoms with E-state index in [9.17, 15) is 8.42 Å². The van der Waals surface area contributed by atoms with E-state index in [1.165, 1.54) is 6.26 Å². The highest BCUT2D eigenvalue weighted by molar-refractivity contribution is 7.92. The smallest absolute Gasteiger partial charge is 0.154 e. The molecule has 114 valence electrons. The summed E-state index contributed by atoms with van der Waals surface area (Å²) in [7, 11) is -1.63. The van der Waals surface area contributed by atoms with Gasteiger partial charge in [-0.15, -0.1) is 0 Å². The highest BCUT2D eigenvalue weighted by Gasteiger charge is 2.40. The van der Waals surface area contributed by atoms with Crippen LogP contribution in [0.5, 0.6) is 5.75 Å². The fourth-order valence-electron chi connectivity index (χ4n) is 2.23. The minimum Gasteiger partial charge on any atom is -0.496 e. The number of rotatable bonds is 6. The number of benzene rings is 1. The molecule has 1 aromatic carbocycles. The molecule has 0 bridgehead atoms. The molecule has 1 unspecified atom stereocenters. The first-order valence-electron chi connectivity index (χ1n) is 6.72. The number of methoxy groups -OCH3 is 1. The van der Waals surface area contributed by atoms with Crippen molar-refractivity contribution < 1.29 is 13.2 Å². The molecule has 1 rings (SSSR count). The maximum absolute atomic E-state index is 12.1. The summed E-state index contributed by atoms with van der Waals surface area (Å²) in [5.41, 5.74) is 1.96. The zero-order valence-electron chi connectivity index (χ0n) is 13.1. The molecule has 0 heterocycles. The first kappa shape index (κ1) is 17.0. The van der Waals surface area contributed by atoms with Crippen LogP contribution in [0.2, 0.25) is 0 Å². The Labute approximate surface area is 122 Å². The minimum atomic E-state index is -3.23. The summed E-state index contributed by atoms with van der Waals surface area (Å²) in [4.78, 5) is 0. The van der Waals surface area contributed by atoms with Gasteiger partial charge in [0, 0.05) is 11.8 Å². The van der Waals surface area contributed by atoms with Gasteiger partial charge in [-0.25, -0.2) is 8.42 Å². The van der Waals surface area contributed by atoms with Gasteiger partial charge in [0.15, 0.2) is 9.84 Å². The van der Waals surface area contributed by atoms with Crippen LogP contribution >= 0.6 is 0 Å². The average Bonchev–Trinajstić information content (AvgIpc) is 2.34. The van der Waals surface area contributed by atoms with Crippen LogP contribution in [0.1, 0.15) is 37.9 Å². The quantitative estimate of drug-likeness (QED) is 0.877. The number of hydrogen-bond donors (Lipinski definition) is 1. The number of aryl methyl sites for hydroxylation is 1. The second-order valence-electron chi connectivity index (χ2n) is 5.61. The minimum absolute atomic E-state index is 0.322. The van der Waals surface area contributed by atoms with Crippen molar-refractivity contribution in [3.05, 3.63) is 29.3 Å². The van der Waals surface area contributed by atoms with Crippen LogP contribution in [0, 0.1) is 6.92 Å². The predicted octanol–water partition coefficient (Wildman–Crippen LogP) is 2.48. The summed E-state index contributed by atoms with van der Waals surface area (Å²) >= 11 is 0. The Morgan fingerprint density at radius 2 is 1.95 bits per heavy atom. The topological polar surface area (TPSA) is 55.4 Å². The molecule has 20 heavy (non-hydrogen) atoms. The van der Waals surface area contributed by atoms with Crippen molar-refractivity contribution in [2.24, 2.45) is 0 Å². The van der Waals surface area contributed by atoms with Gasteiger partial charge in [0.2, 0.25) is 0 Å². The van der Waals surface area contributed by atoms with Gasteiger partial charge in [-0.05, 0) is 33.4 Å². The molecule has 0 fully saturated rings. The van der Waals surface area contributed by atoms with Gasteiger partial charge in [-0.1, -0.05) is 24.6 Å². The summed E-state index contributed by atoms with van der Waals surface area (Å²) in [5, 5.41) is 3.29. The maximum atomic E-state index is 12.1. The van der Waals surface area contributed by atoms with E-state index in [1.54, 1.807) is 21.0 Å². The van der Waals surface area contributed by atoms with E-state index < -0.39 is 14.6 Å². The molecule has 0 aromatic heterocycles. The largest absolute Gasteiger partial charge is 0.496 e. The van der Waals surface area contributed by atoms with Gasteiger partial charge in [0.25, 0.3) is 0 Å². The number of hydrogen-bond acceptors (Lipinski definition) is 4. The fraction of sp³-hybridized carbons (Fsp3) is 0.600. The molecule has 5 heteroatoms. The van der Waals surface area contributed by atoms with Crippen molar-refractivity contribution in [1.29, 1.82) is 0 Å². The van der Waals surface area contributed by atoms with Crippen LogP contribution < -0.4 is 10.1 Å². The molecule has 4 nitrogen and oxygen atoms in total. The third-order valence-corrected chi connectivity index (χ3v) is 5.90. The first-order chi connectivity index (χ1) is 9.15. The van der Waals surface area contributed by atoms with E-state index in [1.807, 2.05) is 32.0 Å². The van der Waals surface area contributed by atoms with Crippen LogP contribution in [0.4, 0.5) is 0 Å². The van der Waals surface area contributed by atoms with Crippen LogP contribution in [0.15, 0.2) is 18.2 Å². The maximum Gasteiger partial charge on any atom is 0.154 e. The van der Waals surface area contributed by atoms with Crippen LogP contribution in [0.25, 0.3) is 0 Å². The molecular formula is C15H25NO3S. The molecule has 0 saturated carbocycles. The highest BCUT2D eigenvalue weighted by Crippen LogP contribution is 2.37. The Bertz CT molecular complexity index is 564. The van der Waals surface area contributed by atoms with Gasteiger partial charge < -0.3 is 10.1 Å². The van der Waals surface area contributed by atoms with Crippen molar-refractivity contribution in [2.45, 2.75) is 38.5 Å². The van der Waals surface area contributed by atoms with Gasteiger partial charge in [0.05, 0.1) is 17.9 Å². The van der Waals surface area contributed by atoms with Crippen molar-refractivity contribution in [3.8, 4) is 5.75 Å². The third kappa shape index (κ3) is 3.33. The Kier molecular flexibility index (Phi) is 5.21. The lowest BCUT2D eigenvalue weighted by Gasteiger charge is -2.34. The molecule has 0 amide bonds. The Morgan fingerprint density at radius 1 is 1.35 bits per heavy atom. The summed E-state index contributed by atoms with van der Waals surface area (Å²) < 4.78 is 28.8. The van der Waals surface area contributed by atoms with Gasteiger partial charge in [0.1, 0.15) is 5.75 Å². The Morgan fingerprint density at radius 3 is 2.40 bits per heavy atom. The van der Waals surface area contributed by atoms with Crippen LogP contribution in [-0.4, -0.2) is 33.1 Å². The van der Waals surface area contributed by atoms with E-state index in [2.05, 4.69) is 5.32 Å². The SMILES string of the molecule is CCNC(c1cc(C)ccc1OC)C(C)(C)S(C)(=O)=O. The molecule has 0 radical (unpaired) electrons. The summed E-state index contributed by atoms with van der Waals surface area (Å²) in [5.74, 6) is 0.707. The lowest BCUT2D eigenvalue weighted by atomic mass is 9.93. The second kappa shape index (κ2) is 6.14. The standard InChI is InChI=1S/C15H25NO3S/c1-7-16-14(15(3,4)20(6,17)18)12-10-11(2)8-9-13(12)19-5/h8-10,14,16H,7H2,1-6H3. The molecule has 0 saturated heterocycles. The zero-order valence-corrected chi connectivity index (χ0v) is 14.0. The summed E-state index contributed by atoms with van der Waals surface area (Å²) in [6.07, 6.45) is 1.28. The van der Waals surface area contributed by atoms with Gasteiger partial charge in [-0.2, -0.15) is 0 Å². The molecule has 0 aliphatic carbocycles. The average molecular weight is 299 g/mol. The van der Waals surface area contributed by atoms with Gasteiger partial charge >= 0.3 is 0 Å². The van der Waals surface area contributed by atoms with E-state index in [0.29, 0.717) is 12.3 Å². The fourth-order valence-corrected chi connectivity index (χ4v) is 2.87. The van der Waals surface area contributed by atoms with Gasteiger partial charge in [-0.3, -0.25) is 0 Å². The molecule has 1 N–H and O–H groups in total. The lowest BCUT2D eigenvalue weighted by molar-refractivity contribution is 0.379. The van der Waals surface area contributed by atoms with Crippen LogP contribution in [-0.2, 0) is 9.84 Å². The van der Waals surface area contributed by atoms with Crippen molar-refractivity contribution in [1.82, 2.24) is 5.32 Å². The first-order valence-corrected chi connectivity index (χ1v) is 8.61. The Balaban J connectivity index is 3.45. The van der Waals surface area contributed by atoms with Crippen LogP contribution in [0.3, 0.4) is 0 Å². The van der Waals surface area contributed by atoms with Crippen molar-refractivity contribution in [2.75, 3.05) is 19.9 Å². The molecule has 1 aromatic rings. The van der Waals surface area contributed by atoms with Crippen molar-refractivity contribution in [3.63, 3.8) is 0 Å². The highest BCUT2D eigenvalue weighted by atomic mass is 32.2. The molecule has 0 aliphatic heterocycles. The predicted molar refractivity (Wildman–Crippen MR) is 83.1 cm³/mol.